The molecule has 1 N–H and O–H groups in total. The summed E-state index contributed by atoms with van der Waals surface area (Å²) in [5, 5.41) is 6.11. The first-order valence-electron chi connectivity index (χ1n) is 5.93. The Kier molecular flexibility index (Phi) is 2.37. The summed E-state index contributed by atoms with van der Waals surface area (Å²) in [7, 11) is 0. The van der Waals surface area contributed by atoms with Crippen LogP contribution in [0.2, 0.25) is 0 Å². The smallest absolute Gasteiger partial charge is 0.0450 e. The van der Waals surface area contributed by atoms with Crippen LogP contribution in [0.25, 0.3) is 10.8 Å². The Balaban J connectivity index is 2.08. The van der Waals surface area contributed by atoms with Crippen LogP contribution in [0, 0.1) is 6.92 Å². The highest BCUT2D eigenvalue weighted by molar-refractivity contribution is 5.84. The van der Waals surface area contributed by atoms with Gasteiger partial charge in [-0.25, -0.2) is 0 Å². The molecule has 1 saturated heterocycles. The van der Waals surface area contributed by atoms with Gasteiger partial charge in [-0.15, -0.1) is 0 Å². The Bertz CT molecular complexity index is 513. The summed E-state index contributed by atoms with van der Waals surface area (Å²) in [4.78, 5) is 4.32. The quantitative estimate of drug-likeness (QED) is 0.786. The fraction of sp³-hybridized carbons (Fsp3) is 0.357. The molecule has 2 heterocycles. The molecule has 0 saturated carbocycles. The summed E-state index contributed by atoms with van der Waals surface area (Å²) < 4.78 is 0. The van der Waals surface area contributed by atoms with Crippen molar-refractivity contribution >= 4 is 10.8 Å². The second-order valence-corrected chi connectivity index (χ2v) is 4.53. The van der Waals surface area contributed by atoms with Gasteiger partial charge in [0.15, 0.2) is 0 Å². The van der Waals surface area contributed by atoms with Gasteiger partial charge in [0, 0.05) is 23.3 Å². The number of fused-ring (bicyclic) bond motifs is 1. The lowest BCUT2D eigenvalue weighted by molar-refractivity contribution is 0.648. The van der Waals surface area contributed by atoms with Crippen LogP contribution >= 0.6 is 0 Å². The number of hydrogen-bond acceptors (Lipinski definition) is 2. The molecule has 0 radical (unpaired) electrons. The Morgan fingerprint density at radius 2 is 2.25 bits per heavy atom. The molecule has 1 aliphatic heterocycles. The zero-order chi connectivity index (χ0) is 11.0. The number of benzene rings is 1. The molecule has 0 aliphatic carbocycles. The van der Waals surface area contributed by atoms with Crippen LogP contribution in [0.15, 0.2) is 30.5 Å². The van der Waals surface area contributed by atoms with Crippen LogP contribution in [-0.2, 0) is 0 Å². The molecule has 3 rings (SSSR count). The van der Waals surface area contributed by atoms with E-state index < -0.39 is 0 Å². The molecule has 1 atom stereocenters. The van der Waals surface area contributed by atoms with Crippen LogP contribution in [0.3, 0.4) is 0 Å². The van der Waals surface area contributed by atoms with E-state index in [1.54, 1.807) is 0 Å². The second-order valence-electron chi connectivity index (χ2n) is 4.53. The van der Waals surface area contributed by atoms with Crippen molar-refractivity contribution in [3.8, 4) is 0 Å². The van der Waals surface area contributed by atoms with E-state index in [2.05, 4.69) is 41.5 Å². The molecular weight excluding hydrogens is 196 g/mol. The molecular formula is C14H16N2. The number of aryl methyl sites for hydroxylation is 1. The van der Waals surface area contributed by atoms with Crippen LogP contribution in [0.5, 0.6) is 0 Å². The molecule has 82 valence electrons. The van der Waals surface area contributed by atoms with E-state index in [9.17, 15) is 0 Å². The third-order valence-corrected chi connectivity index (χ3v) is 3.45. The van der Waals surface area contributed by atoms with Crippen molar-refractivity contribution in [2.45, 2.75) is 25.8 Å². The van der Waals surface area contributed by atoms with Gasteiger partial charge in [-0.05, 0) is 49.4 Å². The molecule has 1 aromatic carbocycles. The molecule has 0 spiro atoms. The third-order valence-electron chi connectivity index (χ3n) is 3.45. The van der Waals surface area contributed by atoms with E-state index in [1.165, 1.54) is 29.2 Å². The van der Waals surface area contributed by atoms with E-state index in [1.807, 2.05) is 6.20 Å². The number of nitrogens with one attached hydrogen (secondary N) is 1. The zero-order valence-corrected chi connectivity index (χ0v) is 9.53. The lowest BCUT2D eigenvalue weighted by Crippen LogP contribution is -2.12. The standard InChI is InChI=1S/C14H16N2/c1-10-13-5-4-12(14-3-2-7-16-14)9-11(13)6-8-15-10/h4-6,8-9,14,16H,2-3,7H2,1H3. The van der Waals surface area contributed by atoms with Crippen molar-refractivity contribution in [2.24, 2.45) is 0 Å². The summed E-state index contributed by atoms with van der Waals surface area (Å²) in [5.41, 5.74) is 2.53. The van der Waals surface area contributed by atoms with E-state index in [0.717, 1.165) is 12.2 Å². The topological polar surface area (TPSA) is 24.9 Å². The van der Waals surface area contributed by atoms with Gasteiger partial charge in [-0.3, -0.25) is 4.98 Å². The van der Waals surface area contributed by atoms with E-state index >= 15 is 0 Å². The Hall–Kier alpha value is -1.41. The van der Waals surface area contributed by atoms with Crippen molar-refractivity contribution in [1.82, 2.24) is 10.3 Å². The normalized spacial score (nSPS) is 20.4. The first-order valence-corrected chi connectivity index (χ1v) is 5.93. The lowest BCUT2D eigenvalue weighted by atomic mass is 10.0. The fourth-order valence-corrected chi connectivity index (χ4v) is 2.53. The number of hydrogen-bond donors (Lipinski definition) is 1. The fourth-order valence-electron chi connectivity index (χ4n) is 2.53. The highest BCUT2D eigenvalue weighted by atomic mass is 14.9. The largest absolute Gasteiger partial charge is 0.310 e. The van der Waals surface area contributed by atoms with Crippen LogP contribution < -0.4 is 5.32 Å². The SMILES string of the molecule is Cc1nccc2cc(C3CCCN3)ccc12. The second kappa shape index (κ2) is 3.87. The van der Waals surface area contributed by atoms with Crippen LogP contribution in [-0.4, -0.2) is 11.5 Å². The molecule has 0 bridgehead atoms. The Morgan fingerprint density at radius 1 is 1.31 bits per heavy atom. The highest BCUT2D eigenvalue weighted by Gasteiger charge is 2.16. The number of nitrogens with zero attached hydrogens (tertiary/aromatic N) is 1. The summed E-state index contributed by atoms with van der Waals surface area (Å²) in [6, 6.07) is 9.39. The number of aromatic nitrogens is 1. The van der Waals surface area contributed by atoms with Gasteiger partial charge in [-0.2, -0.15) is 0 Å². The average Bonchev–Trinajstić information content (AvgIpc) is 2.82. The summed E-state index contributed by atoms with van der Waals surface area (Å²) in [5.74, 6) is 0. The van der Waals surface area contributed by atoms with E-state index in [4.69, 9.17) is 0 Å². The highest BCUT2D eigenvalue weighted by Crippen LogP contribution is 2.26. The van der Waals surface area contributed by atoms with Crippen molar-refractivity contribution in [3.63, 3.8) is 0 Å². The average molecular weight is 212 g/mol. The number of pyridine rings is 1. The molecule has 1 aliphatic rings. The molecule has 1 aromatic heterocycles. The first-order chi connectivity index (χ1) is 7.84. The van der Waals surface area contributed by atoms with Crippen LogP contribution in [0.4, 0.5) is 0 Å². The first kappa shape index (κ1) is 9.79. The van der Waals surface area contributed by atoms with Gasteiger partial charge < -0.3 is 5.32 Å². The van der Waals surface area contributed by atoms with Crippen molar-refractivity contribution in [3.05, 3.63) is 41.7 Å². The molecule has 0 amide bonds. The predicted octanol–water partition coefficient (Wildman–Crippen LogP) is 2.97. The minimum atomic E-state index is 0.554. The van der Waals surface area contributed by atoms with Gasteiger partial charge in [0.1, 0.15) is 0 Å². The Labute approximate surface area is 95.7 Å². The summed E-state index contributed by atoms with van der Waals surface area (Å²) in [6.07, 6.45) is 4.44. The van der Waals surface area contributed by atoms with Gasteiger partial charge in [0.05, 0.1) is 0 Å². The molecule has 16 heavy (non-hydrogen) atoms. The van der Waals surface area contributed by atoms with Gasteiger partial charge in [-0.1, -0.05) is 12.1 Å². The van der Waals surface area contributed by atoms with Gasteiger partial charge in [0.2, 0.25) is 0 Å². The molecule has 1 unspecified atom stereocenters. The summed E-state index contributed by atoms with van der Waals surface area (Å²) >= 11 is 0. The van der Waals surface area contributed by atoms with Crippen LogP contribution in [0.1, 0.15) is 30.1 Å². The van der Waals surface area contributed by atoms with Crippen molar-refractivity contribution < 1.29 is 0 Å². The third kappa shape index (κ3) is 1.59. The monoisotopic (exact) mass is 212 g/mol. The molecule has 2 heteroatoms. The zero-order valence-electron chi connectivity index (χ0n) is 9.53. The van der Waals surface area contributed by atoms with Crippen molar-refractivity contribution in [1.29, 1.82) is 0 Å². The maximum absolute atomic E-state index is 4.32. The van der Waals surface area contributed by atoms with Gasteiger partial charge in [0.25, 0.3) is 0 Å². The predicted molar refractivity (Wildman–Crippen MR) is 66.5 cm³/mol. The minimum absolute atomic E-state index is 0.554. The van der Waals surface area contributed by atoms with Crippen molar-refractivity contribution in [2.75, 3.05) is 6.54 Å². The molecule has 2 aromatic rings. The Morgan fingerprint density at radius 3 is 3.06 bits per heavy atom. The van der Waals surface area contributed by atoms with E-state index in [0.29, 0.717) is 6.04 Å². The van der Waals surface area contributed by atoms with Gasteiger partial charge >= 0.3 is 0 Å². The minimum Gasteiger partial charge on any atom is -0.310 e. The lowest BCUT2D eigenvalue weighted by Gasteiger charge is -2.11. The number of rotatable bonds is 1. The maximum Gasteiger partial charge on any atom is 0.0450 e. The maximum atomic E-state index is 4.32. The summed E-state index contributed by atoms with van der Waals surface area (Å²) in [6.45, 7) is 3.22. The molecule has 2 nitrogen and oxygen atoms in total. The van der Waals surface area contributed by atoms with E-state index in [-0.39, 0.29) is 0 Å². The molecule has 1 fully saturated rings.